The first-order chi connectivity index (χ1) is 38.0. The summed E-state index contributed by atoms with van der Waals surface area (Å²) in [6, 6.07) is 0. The van der Waals surface area contributed by atoms with Crippen molar-refractivity contribution in [2.75, 3.05) is 13.2 Å². The van der Waals surface area contributed by atoms with E-state index in [0.717, 1.165) is 154 Å². The van der Waals surface area contributed by atoms with Crippen LogP contribution in [0.25, 0.3) is 0 Å². The van der Waals surface area contributed by atoms with Gasteiger partial charge in [-0.25, -0.2) is 0 Å². The first-order valence-electron chi connectivity index (χ1n) is 30.6. The quantitative estimate of drug-likeness (QED) is 0.0261. The normalized spacial score (nSPS) is 13.3. The second-order valence-corrected chi connectivity index (χ2v) is 19.5. The minimum absolute atomic E-state index is 0.125. The molecule has 0 aromatic heterocycles. The highest BCUT2D eigenvalue weighted by Gasteiger charge is 2.19. The predicted octanol–water partition coefficient (Wildman–Crippen LogP) is 21.1. The molecule has 0 rings (SSSR count). The van der Waals surface area contributed by atoms with Gasteiger partial charge in [-0.2, -0.15) is 0 Å². The average molecular weight is 1060 g/mol. The lowest BCUT2D eigenvalue weighted by molar-refractivity contribution is -0.166. The molecule has 0 spiro atoms. The topological polar surface area (TPSA) is 78.9 Å². The second-order valence-electron chi connectivity index (χ2n) is 19.5. The van der Waals surface area contributed by atoms with Crippen molar-refractivity contribution in [2.24, 2.45) is 0 Å². The van der Waals surface area contributed by atoms with E-state index < -0.39 is 12.1 Å². The molecule has 1 atom stereocenters. The van der Waals surface area contributed by atoms with Gasteiger partial charge in [0.2, 0.25) is 0 Å². The Kier molecular flexibility index (Phi) is 59.0. The molecule has 6 nitrogen and oxygen atoms in total. The molecule has 0 aromatic carbocycles. The summed E-state index contributed by atoms with van der Waals surface area (Å²) in [6.07, 6.45) is 93.6. The van der Waals surface area contributed by atoms with E-state index in [1.165, 1.54) is 38.5 Å². The Morgan fingerprint density at radius 2 is 0.532 bits per heavy atom. The fourth-order valence-corrected chi connectivity index (χ4v) is 7.68. The summed E-state index contributed by atoms with van der Waals surface area (Å²) < 4.78 is 16.8. The van der Waals surface area contributed by atoms with Crippen molar-refractivity contribution in [3.05, 3.63) is 170 Å². The molecule has 0 saturated carbocycles. The molecule has 0 amide bonds. The summed E-state index contributed by atoms with van der Waals surface area (Å²) in [4.78, 5) is 38.2. The summed E-state index contributed by atoms with van der Waals surface area (Å²) in [5, 5.41) is 0. The summed E-state index contributed by atoms with van der Waals surface area (Å²) in [5.74, 6) is -1.04. The number of allylic oxidation sites excluding steroid dienone is 28. The number of carbonyl (C=O) groups excluding carboxylic acids is 3. The minimum atomic E-state index is -0.838. The zero-order chi connectivity index (χ0) is 55.7. The fourth-order valence-electron chi connectivity index (χ4n) is 7.68. The molecule has 0 fully saturated rings. The van der Waals surface area contributed by atoms with Gasteiger partial charge in [0.25, 0.3) is 0 Å². The third-order valence-electron chi connectivity index (χ3n) is 12.2. The molecule has 1 unspecified atom stereocenters. The molecule has 0 aromatic rings. The van der Waals surface area contributed by atoms with Gasteiger partial charge in [0, 0.05) is 19.3 Å². The molecule has 0 N–H and O–H groups in total. The molecular weight excluding hydrogens is 949 g/mol. The number of ether oxygens (including phenoxy) is 3. The van der Waals surface area contributed by atoms with Crippen LogP contribution < -0.4 is 0 Å². The van der Waals surface area contributed by atoms with Crippen LogP contribution in [0, 0.1) is 0 Å². The van der Waals surface area contributed by atoms with E-state index in [-0.39, 0.29) is 31.6 Å². The molecule has 77 heavy (non-hydrogen) atoms. The van der Waals surface area contributed by atoms with E-state index in [1.54, 1.807) is 0 Å². The van der Waals surface area contributed by atoms with Gasteiger partial charge in [-0.3, -0.25) is 14.4 Å². The number of hydrogen-bond donors (Lipinski definition) is 0. The largest absolute Gasteiger partial charge is 0.462 e. The van der Waals surface area contributed by atoms with Gasteiger partial charge in [-0.1, -0.05) is 255 Å². The number of esters is 3. The molecular formula is C71H110O6. The third-order valence-corrected chi connectivity index (χ3v) is 12.2. The number of unbranched alkanes of at least 4 members (excludes halogenated alkanes) is 14. The van der Waals surface area contributed by atoms with Gasteiger partial charge in [0.05, 0.1) is 0 Å². The van der Waals surface area contributed by atoms with E-state index in [4.69, 9.17) is 14.2 Å². The van der Waals surface area contributed by atoms with E-state index in [0.29, 0.717) is 19.3 Å². The van der Waals surface area contributed by atoms with E-state index in [2.05, 4.69) is 179 Å². The van der Waals surface area contributed by atoms with Crippen molar-refractivity contribution < 1.29 is 28.6 Å². The van der Waals surface area contributed by atoms with Gasteiger partial charge in [0.1, 0.15) is 13.2 Å². The van der Waals surface area contributed by atoms with Crippen LogP contribution in [0.2, 0.25) is 0 Å². The molecule has 0 saturated heterocycles. The first kappa shape index (κ1) is 71.8. The highest BCUT2D eigenvalue weighted by molar-refractivity contribution is 5.71. The van der Waals surface area contributed by atoms with Crippen molar-refractivity contribution in [2.45, 2.75) is 245 Å². The lowest BCUT2D eigenvalue weighted by atomic mass is 10.1. The Bertz CT molecular complexity index is 1790. The van der Waals surface area contributed by atoms with Gasteiger partial charge >= 0.3 is 17.9 Å². The van der Waals surface area contributed by atoms with Crippen LogP contribution in [-0.4, -0.2) is 37.2 Å². The number of rotatable bonds is 53. The van der Waals surface area contributed by atoms with Crippen molar-refractivity contribution in [3.8, 4) is 0 Å². The Labute approximate surface area is 472 Å². The van der Waals surface area contributed by atoms with Crippen LogP contribution in [-0.2, 0) is 28.6 Å². The monoisotopic (exact) mass is 1060 g/mol. The lowest BCUT2D eigenvalue weighted by Gasteiger charge is -2.18. The van der Waals surface area contributed by atoms with E-state index in [1.807, 2.05) is 12.2 Å². The maximum Gasteiger partial charge on any atom is 0.306 e. The van der Waals surface area contributed by atoms with Crippen LogP contribution in [0.15, 0.2) is 170 Å². The summed E-state index contributed by atoms with van der Waals surface area (Å²) in [6.45, 7) is 6.25. The Hall–Kier alpha value is -5.23. The third kappa shape index (κ3) is 61.5. The Morgan fingerprint density at radius 1 is 0.273 bits per heavy atom. The minimum Gasteiger partial charge on any atom is -0.462 e. The van der Waals surface area contributed by atoms with Crippen molar-refractivity contribution in [1.29, 1.82) is 0 Å². The molecule has 0 heterocycles. The Balaban J connectivity index is 4.47. The van der Waals surface area contributed by atoms with Gasteiger partial charge in [-0.05, 0) is 135 Å². The first-order valence-corrected chi connectivity index (χ1v) is 30.6. The number of hydrogen-bond acceptors (Lipinski definition) is 6. The fraction of sp³-hybridized carbons (Fsp3) is 0.563. The predicted molar refractivity (Wildman–Crippen MR) is 334 cm³/mol. The molecule has 0 aliphatic rings. The molecule has 0 aliphatic carbocycles. The molecule has 0 radical (unpaired) electrons. The summed E-state index contributed by atoms with van der Waals surface area (Å²) >= 11 is 0. The zero-order valence-electron chi connectivity index (χ0n) is 49.1. The zero-order valence-corrected chi connectivity index (χ0v) is 49.1. The maximum absolute atomic E-state index is 12.9. The molecule has 430 valence electrons. The molecule has 0 bridgehead atoms. The highest BCUT2D eigenvalue weighted by Crippen LogP contribution is 2.13. The Morgan fingerprint density at radius 3 is 0.844 bits per heavy atom. The summed E-state index contributed by atoms with van der Waals surface area (Å²) in [7, 11) is 0. The van der Waals surface area contributed by atoms with Gasteiger partial charge < -0.3 is 14.2 Å². The summed E-state index contributed by atoms with van der Waals surface area (Å²) in [5.41, 5.74) is 0. The van der Waals surface area contributed by atoms with Crippen molar-refractivity contribution in [1.82, 2.24) is 0 Å². The average Bonchev–Trinajstić information content (AvgIpc) is 3.43. The second kappa shape index (κ2) is 63.3. The van der Waals surface area contributed by atoms with Crippen LogP contribution in [0.5, 0.6) is 0 Å². The van der Waals surface area contributed by atoms with Gasteiger partial charge in [-0.15, -0.1) is 0 Å². The van der Waals surface area contributed by atoms with Crippen LogP contribution in [0.4, 0.5) is 0 Å². The lowest BCUT2D eigenvalue weighted by Crippen LogP contribution is -2.30. The SMILES string of the molecule is CC/C=C\C/C=C\C/C=C\C/C=C\C/C=C\C/C=C\CCCCCCCCCCC(=O)OCC(COC(=O)CCCCCCC/C=C\C/C=C\CCC)OC(=O)CC/C=C\C/C=C\C/C=C\C/C=C\C/C=C\C/C=C\CC. The smallest absolute Gasteiger partial charge is 0.306 e. The molecule has 6 heteroatoms. The van der Waals surface area contributed by atoms with Crippen molar-refractivity contribution >= 4 is 17.9 Å². The standard InChI is InChI=1S/C71H110O6/c1-4-7-10-13-16-19-22-25-27-29-31-32-33-34-35-36-37-38-40-41-43-46-49-52-55-58-61-64-70(73)76-67-68(66-75-69(72)63-60-57-54-51-48-45-24-21-18-15-12-9-6-3)77-71(74)65-62-59-56-53-50-47-44-42-39-30-28-26-23-20-17-14-11-8-5-2/h7-8,10-12,15-17,19-21,24-28,31-32,34-35,37-39,42,47,50,56,59,68H,4-6,9,13-14,18,22-23,29-30,33,36,40-41,43-46,48-49,51-55,57-58,60-67H2,1-3H3/b10-7-,11-8-,15-12-,19-16-,20-17-,24-21-,27-25-,28-26-,32-31-,35-34-,38-37-,42-39-,50-47-,59-56-. The highest BCUT2D eigenvalue weighted by atomic mass is 16.6. The molecule has 0 aliphatic heterocycles. The van der Waals surface area contributed by atoms with E-state index in [9.17, 15) is 14.4 Å². The van der Waals surface area contributed by atoms with E-state index >= 15 is 0 Å². The van der Waals surface area contributed by atoms with Crippen LogP contribution in [0.3, 0.4) is 0 Å². The van der Waals surface area contributed by atoms with Gasteiger partial charge in [0.15, 0.2) is 6.10 Å². The maximum atomic E-state index is 12.9. The van der Waals surface area contributed by atoms with Crippen LogP contribution in [0.1, 0.15) is 239 Å². The van der Waals surface area contributed by atoms with Crippen molar-refractivity contribution in [3.63, 3.8) is 0 Å². The number of carbonyl (C=O) groups is 3. The van der Waals surface area contributed by atoms with Crippen LogP contribution >= 0.6 is 0 Å².